The third kappa shape index (κ3) is 6.72. The van der Waals surface area contributed by atoms with Crippen LogP contribution in [-0.4, -0.2) is 31.9 Å². The molecule has 1 rings (SSSR count). The Morgan fingerprint density at radius 2 is 2.00 bits per heavy atom. The molecule has 0 aliphatic rings. The van der Waals surface area contributed by atoms with E-state index in [0.717, 1.165) is 6.07 Å². The van der Waals surface area contributed by atoms with E-state index in [1.54, 1.807) is 19.9 Å². The maximum absolute atomic E-state index is 13.9. The number of oxime groups is 1. The van der Waals surface area contributed by atoms with Crippen LogP contribution in [-0.2, 0) is 30.8 Å². The van der Waals surface area contributed by atoms with Crippen LogP contribution in [0.5, 0.6) is 0 Å². The Balaban J connectivity index is 3.37. The van der Waals surface area contributed by atoms with E-state index in [0.29, 0.717) is 11.5 Å². The Morgan fingerprint density at radius 3 is 2.44 bits per heavy atom. The second-order valence-electron chi connectivity index (χ2n) is 4.34. The molecule has 0 fully saturated rings. The SMILES string of the molecule is CCS(CC)=P(O)(ON=C(C#N)c1ccc(Cl)cc1F)OP(O)(O)=S. The largest absolute Gasteiger partial charge is 0.365 e. The Morgan fingerprint density at radius 1 is 1.40 bits per heavy atom. The minimum Gasteiger partial charge on any atom is -0.324 e. The van der Waals surface area contributed by atoms with E-state index in [9.17, 15) is 24.3 Å². The molecule has 0 saturated carbocycles. The van der Waals surface area contributed by atoms with Crippen LogP contribution in [0.25, 0.3) is 0 Å². The molecule has 0 saturated heterocycles. The van der Waals surface area contributed by atoms with Crippen LogP contribution in [0.3, 0.4) is 0 Å². The molecule has 25 heavy (non-hydrogen) atoms. The van der Waals surface area contributed by atoms with Gasteiger partial charge >= 0.3 is 13.4 Å². The Hall–Kier alpha value is -0.330. The summed E-state index contributed by atoms with van der Waals surface area (Å²) < 4.78 is 23.7. The molecule has 0 aliphatic heterocycles. The predicted octanol–water partition coefficient (Wildman–Crippen LogP) is 3.28. The number of rotatable bonds is 7. The van der Waals surface area contributed by atoms with Crippen molar-refractivity contribution in [2.24, 2.45) is 5.16 Å². The van der Waals surface area contributed by atoms with Gasteiger partial charge in [0, 0.05) is 5.02 Å². The zero-order chi connectivity index (χ0) is 19.3. The number of hydrogen-bond acceptors (Lipinski definition) is 5. The minimum atomic E-state index is -4.25. The van der Waals surface area contributed by atoms with Gasteiger partial charge < -0.3 is 19.3 Å². The van der Waals surface area contributed by atoms with Crippen molar-refractivity contribution in [2.45, 2.75) is 13.8 Å². The van der Waals surface area contributed by atoms with Gasteiger partial charge in [-0.2, -0.15) is 5.26 Å². The summed E-state index contributed by atoms with van der Waals surface area (Å²) in [5, 5.41) is 12.8. The molecular weight excluding hydrogens is 433 g/mol. The maximum atomic E-state index is 13.9. The van der Waals surface area contributed by atoms with Gasteiger partial charge in [0.05, 0.1) is 5.56 Å². The lowest BCUT2D eigenvalue weighted by Crippen LogP contribution is -2.06. The zero-order valence-corrected chi connectivity index (χ0v) is 17.3. The number of nitriles is 1. The van der Waals surface area contributed by atoms with Crippen molar-refractivity contribution in [3.05, 3.63) is 34.6 Å². The second kappa shape index (κ2) is 9.56. The molecule has 0 spiro atoms. The summed E-state index contributed by atoms with van der Waals surface area (Å²) in [6, 6.07) is 5.22. The van der Waals surface area contributed by atoms with E-state index in [1.807, 2.05) is 0 Å². The molecule has 0 amide bonds. The van der Waals surface area contributed by atoms with Crippen molar-refractivity contribution in [3.63, 3.8) is 0 Å². The Kier molecular flexibility index (Phi) is 8.69. The van der Waals surface area contributed by atoms with Gasteiger partial charge in [-0.3, -0.25) is 0 Å². The van der Waals surface area contributed by atoms with Crippen LogP contribution in [0.1, 0.15) is 19.4 Å². The topological polar surface area (TPSA) is 115 Å². The average molecular weight is 449 g/mol. The van der Waals surface area contributed by atoms with E-state index in [1.165, 1.54) is 12.1 Å². The van der Waals surface area contributed by atoms with E-state index in [2.05, 4.69) is 17.0 Å². The molecule has 3 N–H and O–H groups in total. The van der Waals surface area contributed by atoms with Crippen LogP contribution >= 0.6 is 25.0 Å². The van der Waals surface area contributed by atoms with Crippen LogP contribution in [0, 0.1) is 17.1 Å². The van der Waals surface area contributed by atoms with Gasteiger partial charge in [0.25, 0.3) is 0 Å². The number of benzene rings is 1. The summed E-state index contributed by atoms with van der Waals surface area (Å²) in [7, 11) is -0.940. The van der Waals surface area contributed by atoms with E-state index >= 15 is 0 Å². The summed E-state index contributed by atoms with van der Waals surface area (Å²) in [4.78, 5) is 29.3. The standard InChI is InChI=1S/C12H16ClFN2O5P2S2/c1-3-25(4-2)23(19,21-22(17,18)24)20-16-12(8-15)10-6-5-9(13)7-11(10)14/h5-7,19H,3-4H2,1-2H3,(H2,17,18,24). The van der Waals surface area contributed by atoms with Crippen molar-refractivity contribution in [1.29, 1.82) is 5.26 Å². The smallest absolute Gasteiger partial charge is 0.324 e. The molecule has 0 heterocycles. The van der Waals surface area contributed by atoms with E-state index in [-0.39, 0.29) is 10.6 Å². The monoisotopic (exact) mass is 448 g/mol. The molecule has 140 valence electrons. The number of hydrogen-bond donors (Lipinski definition) is 3. The number of nitrogens with zero attached hydrogens (tertiary/aromatic N) is 2. The van der Waals surface area contributed by atoms with E-state index < -0.39 is 35.0 Å². The molecule has 1 atom stereocenters. The van der Waals surface area contributed by atoms with Crippen molar-refractivity contribution < 1.29 is 28.0 Å². The first kappa shape index (κ1) is 22.7. The maximum Gasteiger partial charge on any atom is 0.365 e. The molecule has 7 nitrogen and oxygen atoms in total. The first-order valence-electron chi connectivity index (χ1n) is 6.75. The normalized spacial score (nSPS) is 14.9. The lowest BCUT2D eigenvalue weighted by molar-refractivity contribution is 0.253. The highest BCUT2D eigenvalue weighted by Gasteiger charge is 2.30. The highest BCUT2D eigenvalue weighted by molar-refractivity contribution is 8.29. The predicted molar refractivity (Wildman–Crippen MR) is 102 cm³/mol. The second-order valence-corrected chi connectivity index (χ2v) is 13.9. The summed E-state index contributed by atoms with van der Waals surface area (Å²) in [6.45, 7) is -4.72. The fourth-order valence-electron chi connectivity index (χ4n) is 1.68. The van der Waals surface area contributed by atoms with Gasteiger partial charge in [-0.05, 0) is 41.5 Å². The zero-order valence-electron chi connectivity index (χ0n) is 13.2. The van der Waals surface area contributed by atoms with Crippen LogP contribution in [0.15, 0.2) is 23.4 Å². The van der Waals surface area contributed by atoms with Gasteiger partial charge in [0.1, 0.15) is 11.9 Å². The Bertz CT molecular complexity index is 818. The summed E-state index contributed by atoms with van der Waals surface area (Å²) in [6.07, 6.45) is 0. The average Bonchev–Trinajstić information content (AvgIpc) is 2.48. The first-order valence-corrected chi connectivity index (χ1v) is 13.5. The molecule has 0 radical (unpaired) electrons. The fraction of sp³-hybridized carbons (Fsp3) is 0.333. The van der Waals surface area contributed by atoms with Crippen molar-refractivity contribution in [3.8, 4) is 6.07 Å². The Labute approximate surface area is 157 Å². The van der Waals surface area contributed by atoms with Crippen molar-refractivity contribution in [2.75, 3.05) is 11.5 Å². The van der Waals surface area contributed by atoms with Gasteiger partial charge in [-0.25, -0.2) is 8.70 Å². The minimum absolute atomic E-state index is 0.131. The molecule has 1 aromatic carbocycles. The van der Waals surface area contributed by atoms with Crippen LogP contribution in [0.4, 0.5) is 4.39 Å². The van der Waals surface area contributed by atoms with Crippen LogP contribution < -0.4 is 0 Å². The van der Waals surface area contributed by atoms with Crippen molar-refractivity contribution >= 4 is 52.6 Å². The van der Waals surface area contributed by atoms with Crippen LogP contribution in [0.2, 0.25) is 5.02 Å². The molecule has 0 aliphatic carbocycles. The molecule has 1 aromatic rings. The fourth-order valence-corrected chi connectivity index (χ4v) is 9.97. The van der Waals surface area contributed by atoms with Gasteiger partial charge in [0.2, 0.25) is 0 Å². The van der Waals surface area contributed by atoms with Gasteiger partial charge in [0.15, 0.2) is 5.71 Å². The lowest BCUT2D eigenvalue weighted by Gasteiger charge is -2.23. The molecule has 0 bridgehead atoms. The molecule has 13 heteroatoms. The molecule has 0 aromatic heterocycles. The van der Waals surface area contributed by atoms with Gasteiger partial charge in [-0.1, -0.05) is 30.6 Å². The highest BCUT2D eigenvalue weighted by atomic mass is 35.5. The molecular formula is C12H16ClFN2O5P2S2. The quantitative estimate of drug-likeness (QED) is 0.333. The summed E-state index contributed by atoms with van der Waals surface area (Å²) in [5.74, 6) is -0.0235. The van der Waals surface area contributed by atoms with E-state index in [4.69, 9.17) is 20.5 Å². The highest BCUT2D eigenvalue weighted by Crippen LogP contribution is 2.61. The molecule has 1 unspecified atom stereocenters. The third-order valence-electron chi connectivity index (χ3n) is 2.73. The van der Waals surface area contributed by atoms with Crippen molar-refractivity contribution in [1.82, 2.24) is 0 Å². The first-order chi connectivity index (χ1) is 11.6. The summed E-state index contributed by atoms with van der Waals surface area (Å²) in [5.41, 5.74) is -0.671. The lowest BCUT2D eigenvalue weighted by atomic mass is 10.1. The summed E-state index contributed by atoms with van der Waals surface area (Å²) >= 11 is 10.0. The number of halogens is 2. The third-order valence-corrected chi connectivity index (χ3v) is 11.8. The van der Waals surface area contributed by atoms with Gasteiger partial charge in [-0.15, -0.1) is 10.1 Å².